The molecule has 1 aliphatic rings. The molecule has 0 spiro atoms. The molecule has 1 saturated heterocycles. The largest absolute Gasteiger partial charge is 0.476 e. The molecule has 0 aliphatic carbocycles. The summed E-state index contributed by atoms with van der Waals surface area (Å²) in [7, 11) is 0. The van der Waals surface area contributed by atoms with Gasteiger partial charge in [0.05, 0.1) is 5.69 Å². The van der Waals surface area contributed by atoms with Gasteiger partial charge in [-0.25, -0.2) is 4.79 Å². The summed E-state index contributed by atoms with van der Waals surface area (Å²) in [5.41, 5.74) is 3.06. The van der Waals surface area contributed by atoms with Crippen molar-refractivity contribution in [2.24, 2.45) is 0 Å². The lowest BCUT2D eigenvalue weighted by atomic mass is 9.99. The fraction of sp³-hybridized carbons (Fsp3) is 0.250. The van der Waals surface area contributed by atoms with E-state index in [1.165, 1.54) is 10.4 Å². The van der Waals surface area contributed by atoms with Gasteiger partial charge in [0.1, 0.15) is 0 Å². The Labute approximate surface area is 151 Å². The van der Waals surface area contributed by atoms with E-state index in [0.29, 0.717) is 11.7 Å². The van der Waals surface area contributed by atoms with E-state index in [2.05, 4.69) is 22.3 Å². The van der Waals surface area contributed by atoms with Crippen LogP contribution in [0.3, 0.4) is 0 Å². The van der Waals surface area contributed by atoms with Crippen molar-refractivity contribution in [1.82, 2.24) is 15.0 Å². The number of anilines is 1. The van der Waals surface area contributed by atoms with Crippen LogP contribution in [0.1, 0.15) is 34.0 Å². The molecule has 0 unspecified atom stereocenters. The van der Waals surface area contributed by atoms with Gasteiger partial charge in [-0.05, 0) is 30.5 Å². The molecule has 2 heterocycles. The Morgan fingerprint density at radius 3 is 2.54 bits per heavy atom. The van der Waals surface area contributed by atoms with Crippen LogP contribution in [-0.4, -0.2) is 39.2 Å². The summed E-state index contributed by atoms with van der Waals surface area (Å²) in [6.45, 7) is 3.48. The lowest BCUT2D eigenvalue weighted by molar-refractivity contribution is 0.0690. The van der Waals surface area contributed by atoms with Crippen LogP contribution >= 0.6 is 0 Å². The number of hydrogen-bond donors (Lipinski definition) is 1. The van der Waals surface area contributed by atoms with Gasteiger partial charge >= 0.3 is 5.97 Å². The molecule has 1 N–H and O–H groups in total. The smallest absolute Gasteiger partial charge is 0.360 e. The average Bonchev–Trinajstić information content (AvgIpc) is 3.30. The van der Waals surface area contributed by atoms with Gasteiger partial charge < -0.3 is 10.0 Å². The van der Waals surface area contributed by atoms with Gasteiger partial charge in [0, 0.05) is 19.0 Å². The number of carboxylic acid groups (broad SMARTS) is 1. The highest BCUT2D eigenvalue weighted by Crippen LogP contribution is 2.31. The summed E-state index contributed by atoms with van der Waals surface area (Å²) in [5.74, 6) is -0.233. The van der Waals surface area contributed by atoms with Crippen LogP contribution in [0, 0.1) is 6.92 Å². The maximum atomic E-state index is 11.7. The number of aryl methyl sites for hydroxylation is 1. The number of rotatable bonds is 4. The zero-order chi connectivity index (χ0) is 18.1. The monoisotopic (exact) mass is 348 g/mol. The van der Waals surface area contributed by atoms with Crippen LogP contribution < -0.4 is 4.90 Å². The predicted molar refractivity (Wildman–Crippen MR) is 99.1 cm³/mol. The van der Waals surface area contributed by atoms with Gasteiger partial charge in [0.25, 0.3) is 0 Å². The molecule has 6 heteroatoms. The molecule has 132 valence electrons. The first-order chi connectivity index (χ1) is 12.6. The van der Waals surface area contributed by atoms with E-state index in [-0.39, 0.29) is 5.69 Å². The van der Waals surface area contributed by atoms with Crippen molar-refractivity contribution in [2.75, 3.05) is 18.0 Å². The molecule has 2 aromatic carbocycles. The summed E-state index contributed by atoms with van der Waals surface area (Å²) in [5, 5.41) is 18.4. The Hall–Kier alpha value is -3.15. The van der Waals surface area contributed by atoms with Crippen LogP contribution in [0.5, 0.6) is 0 Å². The number of aromatic carboxylic acids is 1. The van der Waals surface area contributed by atoms with Gasteiger partial charge in [-0.3, -0.25) is 0 Å². The zero-order valence-corrected chi connectivity index (χ0v) is 14.5. The Morgan fingerprint density at radius 2 is 1.81 bits per heavy atom. The summed E-state index contributed by atoms with van der Waals surface area (Å²) < 4.78 is 0. The number of benzene rings is 2. The molecule has 4 rings (SSSR count). The van der Waals surface area contributed by atoms with Crippen molar-refractivity contribution in [2.45, 2.75) is 19.3 Å². The molecule has 0 saturated carbocycles. The topological polar surface area (TPSA) is 71.2 Å². The maximum absolute atomic E-state index is 11.7. The second-order valence-corrected chi connectivity index (χ2v) is 6.60. The fourth-order valence-electron chi connectivity index (χ4n) is 3.50. The minimum Gasteiger partial charge on any atom is -0.476 e. The molecule has 1 atom stereocenters. The summed E-state index contributed by atoms with van der Waals surface area (Å²) >= 11 is 0. The minimum absolute atomic E-state index is 0.00182. The van der Waals surface area contributed by atoms with E-state index in [0.717, 1.165) is 30.8 Å². The molecule has 0 radical (unpaired) electrons. The van der Waals surface area contributed by atoms with Gasteiger partial charge in [-0.15, -0.1) is 15.0 Å². The Morgan fingerprint density at radius 1 is 1.08 bits per heavy atom. The third-order valence-electron chi connectivity index (χ3n) is 4.89. The van der Waals surface area contributed by atoms with Crippen LogP contribution in [-0.2, 0) is 0 Å². The molecule has 0 amide bonds. The van der Waals surface area contributed by atoms with Crippen LogP contribution in [0.2, 0.25) is 0 Å². The van der Waals surface area contributed by atoms with Crippen molar-refractivity contribution in [1.29, 1.82) is 0 Å². The van der Waals surface area contributed by atoms with Gasteiger partial charge in [-0.1, -0.05) is 48.5 Å². The fourth-order valence-corrected chi connectivity index (χ4v) is 3.50. The molecule has 6 nitrogen and oxygen atoms in total. The van der Waals surface area contributed by atoms with Crippen LogP contribution in [0.15, 0.2) is 54.6 Å². The lowest BCUT2D eigenvalue weighted by Gasteiger charge is -2.16. The summed E-state index contributed by atoms with van der Waals surface area (Å²) in [4.78, 5) is 15.2. The van der Waals surface area contributed by atoms with Crippen molar-refractivity contribution in [3.05, 3.63) is 71.4 Å². The van der Waals surface area contributed by atoms with E-state index < -0.39 is 5.97 Å². The molecular formula is C20H20N4O2. The van der Waals surface area contributed by atoms with E-state index >= 15 is 0 Å². The first-order valence-corrected chi connectivity index (χ1v) is 8.70. The molecule has 1 aliphatic heterocycles. The van der Waals surface area contributed by atoms with Crippen molar-refractivity contribution in [3.8, 4) is 5.69 Å². The lowest BCUT2D eigenvalue weighted by Crippen LogP contribution is -2.22. The highest BCUT2D eigenvalue weighted by atomic mass is 16.4. The van der Waals surface area contributed by atoms with Crippen LogP contribution in [0.4, 0.5) is 5.82 Å². The third-order valence-corrected chi connectivity index (χ3v) is 4.89. The molecule has 1 aromatic heterocycles. The average molecular weight is 348 g/mol. The highest BCUT2D eigenvalue weighted by molar-refractivity contribution is 5.91. The molecule has 3 aromatic rings. The Kier molecular flexibility index (Phi) is 4.16. The number of hydrogen-bond acceptors (Lipinski definition) is 4. The number of carbonyl (C=O) groups is 1. The molecule has 26 heavy (non-hydrogen) atoms. The normalized spacial score (nSPS) is 16.8. The Bertz CT molecular complexity index is 936. The van der Waals surface area contributed by atoms with Crippen molar-refractivity contribution >= 4 is 11.8 Å². The minimum atomic E-state index is -1.05. The van der Waals surface area contributed by atoms with E-state index in [1.54, 1.807) is 0 Å². The highest BCUT2D eigenvalue weighted by Gasteiger charge is 2.30. The first kappa shape index (κ1) is 16.3. The number of carboxylic acids is 1. The summed E-state index contributed by atoms with van der Waals surface area (Å²) in [6.07, 6.45) is 0.973. The van der Waals surface area contributed by atoms with Gasteiger partial charge in [-0.2, -0.15) is 0 Å². The summed E-state index contributed by atoms with van der Waals surface area (Å²) in [6, 6.07) is 18.0. The van der Waals surface area contributed by atoms with E-state index in [4.69, 9.17) is 0 Å². The standard InChI is InChI=1S/C20H20N4O2/c1-14-7-5-6-10-17(14)24-21-18(20(25)26)19(22-24)23-12-11-16(13-23)15-8-3-2-4-9-15/h2-10,16H,11-13H2,1H3,(H,25,26)/t16-/m0/s1. The third kappa shape index (κ3) is 2.94. The molecule has 0 bridgehead atoms. The van der Waals surface area contributed by atoms with Gasteiger partial charge in [0.15, 0.2) is 5.82 Å². The van der Waals surface area contributed by atoms with Gasteiger partial charge in [0.2, 0.25) is 5.69 Å². The second kappa shape index (κ2) is 6.63. The number of aromatic nitrogens is 3. The van der Waals surface area contributed by atoms with E-state index in [1.807, 2.05) is 54.3 Å². The number of nitrogens with zero attached hydrogens (tertiary/aromatic N) is 4. The first-order valence-electron chi connectivity index (χ1n) is 8.70. The Balaban J connectivity index is 1.66. The van der Waals surface area contributed by atoms with Crippen molar-refractivity contribution in [3.63, 3.8) is 0 Å². The quantitative estimate of drug-likeness (QED) is 0.783. The SMILES string of the molecule is Cc1ccccc1-n1nc(C(=O)O)c(N2CC[C@H](c3ccccc3)C2)n1. The van der Waals surface area contributed by atoms with Crippen molar-refractivity contribution < 1.29 is 9.90 Å². The van der Waals surface area contributed by atoms with E-state index in [9.17, 15) is 9.90 Å². The molecule has 1 fully saturated rings. The second-order valence-electron chi connectivity index (χ2n) is 6.60. The maximum Gasteiger partial charge on any atom is 0.360 e. The van der Waals surface area contributed by atoms with Crippen LogP contribution in [0.25, 0.3) is 5.69 Å². The number of para-hydroxylation sites is 1. The predicted octanol–water partition coefficient (Wildman–Crippen LogP) is 3.27. The zero-order valence-electron chi connectivity index (χ0n) is 14.5. The molecular weight excluding hydrogens is 328 g/mol.